The Morgan fingerprint density at radius 3 is 2.88 bits per heavy atom. The highest BCUT2D eigenvalue weighted by molar-refractivity contribution is 9.10. The molecular formula is C12H14BrNO2S. The number of nitrogens with two attached hydrogens (primary N) is 1. The Labute approximate surface area is 114 Å². The zero-order chi connectivity index (χ0) is 12.8. The maximum atomic E-state index is 11.3. The van der Waals surface area contributed by atoms with Gasteiger partial charge in [-0.1, -0.05) is 6.58 Å². The van der Waals surface area contributed by atoms with Crippen LogP contribution in [0.5, 0.6) is 0 Å². The molecule has 2 N–H and O–H groups in total. The molecule has 0 saturated carbocycles. The summed E-state index contributed by atoms with van der Waals surface area (Å²) >= 11 is 4.93. The molecule has 1 aromatic rings. The Hall–Kier alpha value is -0.940. The molecule has 0 fully saturated rings. The number of halogens is 1. The van der Waals surface area contributed by atoms with E-state index in [-0.39, 0.29) is 5.97 Å². The van der Waals surface area contributed by atoms with Crippen molar-refractivity contribution in [2.45, 2.75) is 11.8 Å². The van der Waals surface area contributed by atoms with E-state index in [1.807, 2.05) is 18.2 Å². The fraction of sp³-hybridized carbons (Fsp3) is 0.250. The lowest BCUT2D eigenvalue weighted by Crippen LogP contribution is -2.08. The third-order valence-corrected chi connectivity index (χ3v) is 4.00. The van der Waals surface area contributed by atoms with Gasteiger partial charge in [0.05, 0.1) is 6.61 Å². The summed E-state index contributed by atoms with van der Waals surface area (Å²) in [4.78, 5) is 12.4. The highest BCUT2D eigenvalue weighted by Crippen LogP contribution is 2.30. The highest BCUT2D eigenvalue weighted by Gasteiger charge is 2.09. The lowest BCUT2D eigenvalue weighted by Gasteiger charge is -2.07. The van der Waals surface area contributed by atoms with Gasteiger partial charge >= 0.3 is 5.97 Å². The number of benzene rings is 1. The molecule has 0 aliphatic rings. The summed E-state index contributed by atoms with van der Waals surface area (Å²) in [6, 6.07) is 5.55. The van der Waals surface area contributed by atoms with Gasteiger partial charge in [0, 0.05) is 26.4 Å². The first-order chi connectivity index (χ1) is 8.04. The summed E-state index contributed by atoms with van der Waals surface area (Å²) < 4.78 is 5.77. The van der Waals surface area contributed by atoms with E-state index in [1.165, 1.54) is 11.8 Å². The fourth-order valence-electron chi connectivity index (χ4n) is 1.09. The van der Waals surface area contributed by atoms with Gasteiger partial charge in [-0.25, -0.2) is 4.79 Å². The molecule has 0 unspecified atom stereocenters. The molecule has 0 bridgehead atoms. The number of carbonyl (C=O) groups excluding carboxylic acids is 1. The van der Waals surface area contributed by atoms with Crippen molar-refractivity contribution >= 4 is 39.3 Å². The Morgan fingerprint density at radius 1 is 1.59 bits per heavy atom. The average molecular weight is 316 g/mol. The first-order valence-electron chi connectivity index (χ1n) is 5.07. The molecule has 1 rings (SSSR count). The molecule has 0 aliphatic heterocycles. The second-order valence-corrected chi connectivity index (χ2v) is 5.17. The van der Waals surface area contributed by atoms with Crippen LogP contribution in [0.15, 0.2) is 39.7 Å². The minimum atomic E-state index is -0.341. The van der Waals surface area contributed by atoms with Crippen LogP contribution in [0.25, 0.3) is 0 Å². The smallest absolute Gasteiger partial charge is 0.334 e. The zero-order valence-electron chi connectivity index (χ0n) is 9.53. The Kier molecular flexibility index (Phi) is 5.58. The number of esters is 1. The number of rotatable bonds is 5. The lowest BCUT2D eigenvalue weighted by atomic mass is 10.3. The van der Waals surface area contributed by atoms with Crippen LogP contribution in [0.4, 0.5) is 5.69 Å². The monoisotopic (exact) mass is 315 g/mol. The van der Waals surface area contributed by atoms with E-state index in [1.54, 1.807) is 6.92 Å². The lowest BCUT2D eigenvalue weighted by molar-refractivity contribution is -0.138. The van der Waals surface area contributed by atoms with Gasteiger partial charge in [0.2, 0.25) is 0 Å². The number of hydrogen-bond acceptors (Lipinski definition) is 4. The molecule has 0 aliphatic carbocycles. The van der Waals surface area contributed by atoms with Gasteiger partial charge in [0.25, 0.3) is 0 Å². The van der Waals surface area contributed by atoms with E-state index in [2.05, 4.69) is 22.5 Å². The van der Waals surface area contributed by atoms with E-state index < -0.39 is 0 Å². The second-order valence-electron chi connectivity index (χ2n) is 3.30. The van der Waals surface area contributed by atoms with E-state index in [0.29, 0.717) is 23.6 Å². The van der Waals surface area contributed by atoms with Gasteiger partial charge in [-0.2, -0.15) is 0 Å². The molecule has 0 saturated heterocycles. The van der Waals surface area contributed by atoms with Crippen LogP contribution in [0, 0.1) is 0 Å². The van der Waals surface area contributed by atoms with Crippen molar-refractivity contribution in [3.8, 4) is 0 Å². The summed E-state index contributed by atoms with van der Waals surface area (Å²) in [5.41, 5.74) is 6.80. The standard InChI is InChI=1S/C12H14BrNO2S/c1-3-16-12(15)8(2)7-17-11-5-4-9(14)6-10(11)13/h4-6H,2-3,7,14H2,1H3. The van der Waals surface area contributed by atoms with Crippen LogP contribution in [-0.4, -0.2) is 18.3 Å². The number of hydrogen-bond donors (Lipinski definition) is 1. The number of thioether (sulfide) groups is 1. The summed E-state index contributed by atoms with van der Waals surface area (Å²) in [6.07, 6.45) is 0. The minimum Gasteiger partial charge on any atom is -0.463 e. The van der Waals surface area contributed by atoms with E-state index in [9.17, 15) is 4.79 Å². The molecule has 3 nitrogen and oxygen atoms in total. The maximum absolute atomic E-state index is 11.3. The van der Waals surface area contributed by atoms with Crippen LogP contribution in [0.1, 0.15) is 6.92 Å². The number of carbonyl (C=O) groups is 1. The third-order valence-electron chi connectivity index (χ3n) is 1.92. The summed E-state index contributed by atoms with van der Waals surface area (Å²) in [7, 11) is 0. The van der Waals surface area contributed by atoms with E-state index in [0.717, 1.165) is 9.37 Å². The van der Waals surface area contributed by atoms with Crippen LogP contribution in [0.3, 0.4) is 0 Å². The third kappa shape index (κ3) is 4.44. The van der Waals surface area contributed by atoms with Crippen molar-refractivity contribution in [1.82, 2.24) is 0 Å². The van der Waals surface area contributed by atoms with Crippen LogP contribution >= 0.6 is 27.7 Å². The molecule has 5 heteroatoms. The molecule has 0 heterocycles. The van der Waals surface area contributed by atoms with Crippen molar-refractivity contribution in [3.05, 3.63) is 34.8 Å². The maximum Gasteiger partial charge on any atom is 0.334 e. The molecule has 1 aromatic carbocycles. The Bertz CT molecular complexity index is 435. The minimum absolute atomic E-state index is 0.341. The Balaban J connectivity index is 2.56. The van der Waals surface area contributed by atoms with Gasteiger partial charge in [-0.3, -0.25) is 0 Å². The molecular weight excluding hydrogens is 302 g/mol. The zero-order valence-corrected chi connectivity index (χ0v) is 11.9. The SMILES string of the molecule is C=C(CSc1ccc(N)cc1Br)C(=O)OCC. The van der Waals surface area contributed by atoms with Crippen LogP contribution in [-0.2, 0) is 9.53 Å². The normalized spacial score (nSPS) is 10.0. The summed E-state index contributed by atoms with van der Waals surface area (Å²) in [5.74, 6) is 0.160. The predicted octanol–water partition coefficient (Wildman–Crippen LogP) is 3.24. The number of nitrogen functional groups attached to an aromatic ring is 1. The van der Waals surface area contributed by atoms with Gasteiger partial charge in [0.1, 0.15) is 0 Å². The highest BCUT2D eigenvalue weighted by atomic mass is 79.9. The largest absolute Gasteiger partial charge is 0.463 e. The first-order valence-corrected chi connectivity index (χ1v) is 6.85. The molecule has 92 valence electrons. The molecule has 0 amide bonds. The molecule has 0 atom stereocenters. The first kappa shape index (κ1) is 14.1. The number of anilines is 1. The van der Waals surface area contributed by atoms with Crippen molar-refractivity contribution in [3.63, 3.8) is 0 Å². The summed E-state index contributed by atoms with van der Waals surface area (Å²) in [5, 5.41) is 0. The molecule has 0 aromatic heterocycles. The summed E-state index contributed by atoms with van der Waals surface area (Å²) in [6.45, 7) is 5.84. The van der Waals surface area contributed by atoms with E-state index in [4.69, 9.17) is 10.5 Å². The topological polar surface area (TPSA) is 52.3 Å². The van der Waals surface area contributed by atoms with Gasteiger partial charge < -0.3 is 10.5 Å². The van der Waals surface area contributed by atoms with Crippen molar-refractivity contribution in [2.75, 3.05) is 18.1 Å². The van der Waals surface area contributed by atoms with Crippen molar-refractivity contribution in [1.29, 1.82) is 0 Å². The predicted molar refractivity (Wildman–Crippen MR) is 75.1 cm³/mol. The van der Waals surface area contributed by atoms with Crippen molar-refractivity contribution in [2.24, 2.45) is 0 Å². The molecule has 17 heavy (non-hydrogen) atoms. The second kappa shape index (κ2) is 6.71. The van der Waals surface area contributed by atoms with Crippen LogP contribution < -0.4 is 5.73 Å². The van der Waals surface area contributed by atoms with Gasteiger partial charge in [-0.15, -0.1) is 11.8 Å². The average Bonchev–Trinajstić information content (AvgIpc) is 2.27. The van der Waals surface area contributed by atoms with Crippen LogP contribution in [0.2, 0.25) is 0 Å². The van der Waals surface area contributed by atoms with Gasteiger partial charge in [-0.05, 0) is 41.1 Å². The molecule has 0 radical (unpaired) electrons. The van der Waals surface area contributed by atoms with Crippen molar-refractivity contribution < 1.29 is 9.53 Å². The van der Waals surface area contributed by atoms with E-state index >= 15 is 0 Å². The fourth-order valence-corrected chi connectivity index (χ4v) is 2.64. The molecule has 0 spiro atoms. The number of ether oxygens (including phenoxy) is 1. The Morgan fingerprint density at radius 2 is 2.29 bits per heavy atom. The quantitative estimate of drug-likeness (QED) is 0.392. The van der Waals surface area contributed by atoms with Gasteiger partial charge in [0.15, 0.2) is 0 Å².